The molecule has 0 fully saturated rings. The largest absolute Gasteiger partial charge is 0.443 e. The van der Waals surface area contributed by atoms with Gasteiger partial charge in [0, 0.05) is 5.38 Å². The lowest BCUT2D eigenvalue weighted by atomic mass is 10.2. The molecule has 0 aliphatic rings. The first kappa shape index (κ1) is 18.6. The summed E-state index contributed by atoms with van der Waals surface area (Å²) in [6.45, 7) is 4.77. The van der Waals surface area contributed by atoms with E-state index >= 15 is 0 Å². The van der Waals surface area contributed by atoms with E-state index in [1.807, 2.05) is 0 Å². The van der Waals surface area contributed by atoms with Crippen LogP contribution in [0.15, 0.2) is 28.0 Å². The van der Waals surface area contributed by atoms with Crippen molar-refractivity contribution in [1.82, 2.24) is 9.97 Å². The van der Waals surface area contributed by atoms with Crippen molar-refractivity contribution in [2.45, 2.75) is 31.3 Å². The van der Waals surface area contributed by atoms with Crippen molar-refractivity contribution in [3.63, 3.8) is 0 Å². The van der Waals surface area contributed by atoms with Crippen LogP contribution in [-0.4, -0.2) is 30.1 Å². The Kier molecular flexibility index (Phi) is 5.11. The molecule has 0 atom stereocenters. The van der Waals surface area contributed by atoms with E-state index in [1.165, 1.54) is 10.9 Å². The quantitative estimate of drug-likeness (QED) is 0.742. The third-order valence-corrected chi connectivity index (χ3v) is 4.97. The Bertz CT molecular complexity index is 851. The summed E-state index contributed by atoms with van der Waals surface area (Å²) < 4.78 is 44.3. The van der Waals surface area contributed by atoms with Crippen LogP contribution in [-0.2, 0) is 14.8 Å². The number of carbonyl (C=O) groups is 1. The van der Waals surface area contributed by atoms with Gasteiger partial charge in [-0.1, -0.05) is 11.6 Å². The molecule has 0 aliphatic carbocycles. The third-order valence-electron chi connectivity index (χ3n) is 2.50. The zero-order valence-electron chi connectivity index (χ0n) is 12.9. The summed E-state index contributed by atoms with van der Waals surface area (Å²) >= 11 is 6.68. The Labute approximate surface area is 147 Å². The van der Waals surface area contributed by atoms with Gasteiger partial charge in [0.2, 0.25) is 5.95 Å². The molecule has 24 heavy (non-hydrogen) atoms. The molecule has 0 aromatic carbocycles. The Balaban J connectivity index is 2.53. The summed E-state index contributed by atoms with van der Waals surface area (Å²) in [5.74, 6) is -1.16. The third kappa shape index (κ3) is 4.00. The minimum atomic E-state index is -4.45. The van der Waals surface area contributed by atoms with Crippen molar-refractivity contribution in [3.05, 3.63) is 34.1 Å². The van der Waals surface area contributed by atoms with E-state index in [0.717, 1.165) is 23.6 Å². The molecule has 0 bridgehead atoms. The molecular weight excluding hydrogens is 381 g/mol. The van der Waals surface area contributed by atoms with Crippen LogP contribution in [0.2, 0.25) is 5.02 Å². The molecule has 0 aliphatic heterocycles. The van der Waals surface area contributed by atoms with Crippen LogP contribution in [0.4, 0.5) is 15.0 Å². The molecule has 2 aromatic heterocycles. The van der Waals surface area contributed by atoms with E-state index in [9.17, 15) is 17.6 Å². The van der Waals surface area contributed by atoms with Gasteiger partial charge in [-0.3, -0.25) is 0 Å². The maximum absolute atomic E-state index is 13.2. The van der Waals surface area contributed by atoms with E-state index in [2.05, 4.69) is 9.97 Å². The van der Waals surface area contributed by atoms with Gasteiger partial charge in [-0.2, -0.15) is 4.39 Å². The molecule has 7 nitrogen and oxygen atoms in total. The van der Waals surface area contributed by atoms with Crippen LogP contribution in [0.3, 0.4) is 0 Å². The molecule has 2 rings (SSSR count). The Hall–Kier alpha value is -1.78. The van der Waals surface area contributed by atoms with E-state index < -0.39 is 37.6 Å². The summed E-state index contributed by atoms with van der Waals surface area (Å²) in [6, 6.07) is 0.864. The molecule has 1 amide bonds. The second-order valence-corrected chi connectivity index (χ2v) is 8.45. The highest BCUT2D eigenvalue weighted by Crippen LogP contribution is 2.27. The smallest absolute Gasteiger partial charge is 0.430 e. The summed E-state index contributed by atoms with van der Waals surface area (Å²) in [5, 5.41) is 0.874. The number of sulfonamides is 1. The summed E-state index contributed by atoms with van der Waals surface area (Å²) in [6.07, 6.45) is -0.380. The Morgan fingerprint density at radius 2 is 2.04 bits per heavy atom. The Morgan fingerprint density at radius 3 is 2.54 bits per heavy atom. The highest BCUT2D eigenvalue weighted by Gasteiger charge is 2.36. The second-order valence-electron chi connectivity index (χ2n) is 5.54. The Morgan fingerprint density at radius 1 is 1.38 bits per heavy atom. The SMILES string of the molecule is CC(C)(C)OC(=O)N(c1cscn1)S(=O)(=O)c1cnc(F)c(Cl)c1. The van der Waals surface area contributed by atoms with Crippen molar-refractivity contribution in [2.24, 2.45) is 0 Å². The second kappa shape index (κ2) is 6.61. The van der Waals surface area contributed by atoms with Crippen LogP contribution < -0.4 is 4.31 Å². The van der Waals surface area contributed by atoms with Gasteiger partial charge in [0.05, 0.1) is 16.7 Å². The van der Waals surface area contributed by atoms with Crippen LogP contribution >= 0.6 is 22.9 Å². The number of carbonyl (C=O) groups excluding carboxylic acids is 1. The maximum Gasteiger partial charge on any atom is 0.430 e. The monoisotopic (exact) mass is 393 g/mol. The molecule has 0 saturated heterocycles. The molecule has 0 radical (unpaired) electrons. The zero-order valence-corrected chi connectivity index (χ0v) is 15.2. The normalized spacial score (nSPS) is 12.0. The fraction of sp³-hybridized carbons (Fsp3) is 0.308. The predicted molar refractivity (Wildman–Crippen MR) is 87.2 cm³/mol. The zero-order chi connectivity index (χ0) is 18.1. The van der Waals surface area contributed by atoms with E-state index in [1.54, 1.807) is 20.8 Å². The maximum atomic E-state index is 13.2. The minimum absolute atomic E-state index is 0.144. The molecular formula is C13H13ClFN3O4S2. The number of rotatable bonds is 3. The standard InChI is InChI=1S/C13H13ClFN3O4S2/c1-13(2,3)22-12(19)18(10-6-23-7-17-10)24(20,21)8-4-9(14)11(15)16-5-8/h4-7H,1-3H3. The van der Waals surface area contributed by atoms with Crippen LogP contribution in [0, 0.1) is 5.95 Å². The van der Waals surface area contributed by atoms with E-state index in [0.29, 0.717) is 4.31 Å². The number of halogens is 2. The fourth-order valence-electron chi connectivity index (χ4n) is 1.57. The molecule has 0 saturated carbocycles. The highest BCUT2D eigenvalue weighted by atomic mass is 35.5. The van der Waals surface area contributed by atoms with Crippen LogP contribution in [0.5, 0.6) is 0 Å². The lowest BCUT2D eigenvalue weighted by Gasteiger charge is -2.25. The van der Waals surface area contributed by atoms with Crippen molar-refractivity contribution >= 4 is 44.9 Å². The topological polar surface area (TPSA) is 89.5 Å². The number of ether oxygens (including phenoxy) is 1. The molecule has 0 spiro atoms. The average Bonchev–Trinajstić information content (AvgIpc) is 2.93. The minimum Gasteiger partial charge on any atom is -0.443 e. The highest BCUT2D eigenvalue weighted by molar-refractivity contribution is 7.93. The molecule has 2 heterocycles. The predicted octanol–water partition coefficient (Wildman–Crippen LogP) is 3.46. The number of hydrogen-bond acceptors (Lipinski definition) is 7. The van der Waals surface area contributed by atoms with Crippen LogP contribution in [0.1, 0.15) is 20.8 Å². The van der Waals surface area contributed by atoms with E-state index in [4.69, 9.17) is 16.3 Å². The number of pyridine rings is 1. The van der Waals surface area contributed by atoms with Gasteiger partial charge in [0.15, 0.2) is 5.82 Å². The van der Waals surface area contributed by atoms with Gasteiger partial charge in [-0.15, -0.1) is 15.6 Å². The van der Waals surface area contributed by atoms with Gasteiger partial charge in [-0.25, -0.2) is 23.2 Å². The first-order valence-electron chi connectivity index (χ1n) is 6.50. The van der Waals surface area contributed by atoms with Crippen molar-refractivity contribution in [3.8, 4) is 0 Å². The first-order valence-corrected chi connectivity index (χ1v) is 9.26. The molecule has 0 unspecified atom stereocenters. The average molecular weight is 394 g/mol. The van der Waals surface area contributed by atoms with Gasteiger partial charge < -0.3 is 4.74 Å². The van der Waals surface area contributed by atoms with Crippen molar-refractivity contribution in [2.75, 3.05) is 4.31 Å². The van der Waals surface area contributed by atoms with Crippen molar-refractivity contribution < 1.29 is 22.3 Å². The van der Waals surface area contributed by atoms with Gasteiger partial charge in [-0.05, 0) is 26.8 Å². The van der Waals surface area contributed by atoms with Crippen LogP contribution in [0.25, 0.3) is 0 Å². The molecule has 2 aromatic rings. The number of hydrogen-bond donors (Lipinski definition) is 0. The van der Waals surface area contributed by atoms with Gasteiger partial charge in [0.25, 0.3) is 10.0 Å². The van der Waals surface area contributed by atoms with Gasteiger partial charge in [0.1, 0.15) is 10.5 Å². The number of aromatic nitrogens is 2. The van der Waals surface area contributed by atoms with Gasteiger partial charge >= 0.3 is 6.09 Å². The van der Waals surface area contributed by atoms with E-state index in [-0.39, 0.29) is 5.82 Å². The number of anilines is 1. The number of amides is 1. The lowest BCUT2D eigenvalue weighted by Crippen LogP contribution is -2.41. The number of nitrogens with zero attached hydrogens (tertiary/aromatic N) is 3. The summed E-state index contributed by atoms with van der Waals surface area (Å²) in [4.78, 5) is 19.0. The molecule has 11 heteroatoms. The molecule has 0 N–H and O–H groups in total. The lowest BCUT2D eigenvalue weighted by molar-refractivity contribution is 0.0608. The van der Waals surface area contributed by atoms with Crippen molar-refractivity contribution in [1.29, 1.82) is 0 Å². The first-order chi connectivity index (χ1) is 11.0. The number of thiazole rings is 1. The summed E-state index contributed by atoms with van der Waals surface area (Å²) in [7, 11) is -4.45. The fourth-order valence-corrected chi connectivity index (χ4v) is 3.63. The summed E-state index contributed by atoms with van der Waals surface area (Å²) in [5.41, 5.74) is 0.428. The molecule has 130 valence electrons.